The highest BCUT2D eigenvalue weighted by atomic mass is 16.5. The molecule has 0 aliphatic rings. The summed E-state index contributed by atoms with van der Waals surface area (Å²) in [6.45, 7) is 5.65. The molecule has 0 aromatic heterocycles. The van der Waals surface area contributed by atoms with Crippen LogP contribution in [0.4, 0.5) is 0 Å². The molecule has 2 rings (SSSR count). The molecule has 0 aliphatic heterocycles. The molecule has 2 aromatic carbocycles. The summed E-state index contributed by atoms with van der Waals surface area (Å²) < 4.78 is 15.5. The predicted octanol–water partition coefficient (Wildman–Crippen LogP) is 3.28. The summed E-state index contributed by atoms with van der Waals surface area (Å²) in [5, 5.41) is 2.84. The molecular formula is C22H27NO5. The third-order valence-corrected chi connectivity index (χ3v) is 4.57. The summed E-state index contributed by atoms with van der Waals surface area (Å²) in [6, 6.07) is 11.1. The molecule has 0 fully saturated rings. The Labute approximate surface area is 165 Å². The van der Waals surface area contributed by atoms with Gasteiger partial charge in [0.05, 0.1) is 26.7 Å². The number of esters is 1. The van der Waals surface area contributed by atoms with Gasteiger partial charge >= 0.3 is 5.97 Å². The highest BCUT2D eigenvalue weighted by molar-refractivity contribution is 5.81. The van der Waals surface area contributed by atoms with Gasteiger partial charge in [0.15, 0.2) is 18.1 Å². The first kappa shape index (κ1) is 21.3. The van der Waals surface area contributed by atoms with Crippen LogP contribution in [0.1, 0.15) is 35.2 Å². The molecule has 0 bridgehead atoms. The van der Waals surface area contributed by atoms with E-state index in [4.69, 9.17) is 14.2 Å². The van der Waals surface area contributed by atoms with E-state index < -0.39 is 5.97 Å². The van der Waals surface area contributed by atoms with Crippen molar-refractivity contribution in [3.05, 3.63) is 58.7 Å². The Morgan fingerprint density at radius 3 is 2.32 bits per heavy atom. The smallest absolute Gasteiger partial charge is 0.310 e. The minimum absolute atomic E-state index is 0.0420. The molecule has 0 saturated heterocycles. The van der Waals surface area contributed by atoms with Gasteiger partial charge < -0.3 is 19.5 Å². The predicted molar refractivity (Wildman–Crippen MR) is 107 cm³/mol. The summed E-state index contributed by atoms with van der Waals surface area (Å²) in [6.07, 6.45) is 0.0420. The van der Waals surface area contributed by atoms with Gasteiger partial charge in [-0.3, -0.25) is 9.59 Å². The van der Waals surface area contributed by atoms with Gasteiger partial charge in [0.2, 0.25) is 0 Å². The van der Waals surface area contributed by atoms with Gasteiger partial charge in [0.1, 0.15) is 0 Å². The van der Waals surface area contributed by atoms with Gasteiger partial charge in [0, 0.05) is 0 Å². The topological polar surface area (TPSA) is 73.9 Å². The van der Waals surface area contributed by atoms with Crippen molar-refractivity contribution in [1.82, 2.24) is 5.32 Å². The fourth-order valence-electron chi connectivity index (χ4n) is 2.75. The van der Waals surface area contributed by atoms with Crippen LogP contribution in [0.25, 0.3) is 0 Å². The summed E-state index contributed by atoms with van der Waals surface area (Å²) in [7, 11) is 3.07. The number of aryl methyl sites for hydroxylation is 2. The van der Waals surface area contributed by atoms with Gasteiger partial charge in [-0.05, 0) is 55.2 Å². The van der Waals surface area contributed by atoms with E-state index in [1.54, 1.807) is 25.3 Å². The van der Waals surface area contributed by atoms with Crippen molar-refractivity contribution in [2.45, 2.75) is 33.2 Å². The van der Waals surface area contributed by atoms with Gasteiger partial charge in [-0.15, -0.1) is 0 Å². The van der Waals surface area contributed by atoms with Crippen LogP contribution in [0.2, 0.25) is 0 Å². The van der Waals surface area contributed by atoms with Crippen molar-refractivity contribution in [3.63, 3.8) is 0 Å². The van der Waals surface area contributed by atoms with E-state index in [0.29, 0.717) is 17.1 Å². The van der Waals surface area contributed by atoms with Crippen LogP contribution in [-0.2, 0) is 20.7 Å². The van der Waals surface area contributed by atoms with E-state index in [-0.39, 0.29) is 25.0 Å². The molecule has 0 aliphatic carbocycles. The Balaban J connectivity index is 1.85. The van der Waals surface area contributed by atoms with Gasteiger partial charge in [-0.1, -0.05) is 24.3 Å². The minimum Gasteiger partial charge on any atom is -0.493 e. The van der Waals surface area contributed by atoms with E-state index in [1.165, 1.54) is 18.2 Å². The first-order valence-electron chi connectivity index (χ1n) is 9.07. The van der Waals surface area contributed by atoms with Crippen molar-refractivity contribution >= 4 is 11.9 Å². The molecule has 1 atom stereocenters. The number of rotatable bonds is 8. The van der Waals surface area contributed by atoms with Crippen molar-refractivity contribution in [2.75, 3.05) is 20.8 Å². The molecule has 6 heteroatoms. The van der Waals surface area contributed by atoms with Crippen LogP contribution in [0.3, 0.4) is 0 Å². The molecule has 150 valence electrons. The minimum atomic E-state index is -0.485. The normalized spacial score (nSPS) is 11.5. The maximum atomic E-state index is 12.1. The fourth-order valence-corrected chi connectivity index (χ4v) is 2.75. The zero-order valence-corrected chi connectivity index (χ0v) is 17.0. The molecule has 0 heterocycles. The van der Waals surface area contributed by atoms with Gasteiger partial charge in [0.25, 0.3) is 5.91 Å². The van der Waals surface area contributed by atoms with E-state index in [9.17, 15) is 9.59 Å². The molecule has 0 spiro atoms. The monoisotopic (exact) mass is 385 g/mol. The summed E-state index contributed by atoms with van der Waals surface area (Å²) in [4.78, 5) is 24.1. The molecule has 6 nitrogen and oxygen atoms in total. The number of benzene rings is 2. The molecule has 1 N–H and O–H groups in total. The maximum absolute atomic E-state index is 12.1. The van der Waals surface area contributed by atoms with Crippen molar-refractivity contribution in [1.29, 1.82) is 0 Å². The van der Waals surface area contributed by atoms with Crippen LogP contribution in [0, 0.1) is 13.8 Å². The number of methoxy groups -OCH3 is 2. The third-order valence-electron chi connectivity index (χ3n) is 4.57. The zero-order valence-electron chi connectivity index (χ0n) is 17.0. The average molecular weight is 385 g/mol. The Morgan fingerprint density at radius 2 is 1.68 bits per heavy atom. The first-order chi connectivity index (χ1) is 13.3. The summed E-state index contributed by atoms with van der Waals surface area (Å²) in [5.74, 6) is 0.291. The van der Waals surface area contributed by atoms with Crippen LogP contribution in [-0.4, -0.2) is 32.7 Å². The second-order valence-electron chi connectivity index (χ2n) is 6.66. The summed E-state index contributed by atoms with van der Waals surface area (Å²) >= 11 is 0. The zero-order chi connectivity index (χ0) is 20.7. The molecule has 0 saturated carbocycles. The molecule has 2 aromatic rings. The number of hydrogen-bond donors (Lipinski definition) is 1. The lowest BCUT2D eigenvalue weighted by Crippen LogP contribution is -2.31. The van der Waals surface area contributed by atoms with Crippen LogP contribution >= 0.6 is 0 Å². The lowest BCUT2D eigenvalue weighted by molar-refractivity contribution is -0.148. The van der Waals surface area contributed by atoms with E-state index >= 15 is 0 Å². The molecular weight excluding hydrogens is 358 g/mol. The average Bonchev–Trinajstić information content (AvgIpc) is 2.68. The number of hydrogen-bond acceptors (Lipinski definition) is 5. The van der Waals surface area contributed by atoms with Crippen molar-refractivity contribution < 1.29 is 23.8 Å². The largest absolute Gasteiger partial charge is 0.493 e. The molecule has 0 radical (unpaired) electrons. The Kier molecular flexibility index (Phi) is 7.44. The van der Waals surface area contributed by atoms with Crippen LogP contribution in [0.15, 0.2) is 36.4 Å². The van der Waals surface area contributed by atoms with Crippen molar-refractivity contribution in [3.8, 4) is 11.5 Å². The van der Waals surface area contributed by atoms with E-state index in [2.05, 4.69) is 5.32 Å². The van der Waals surface area contributed by atoms with Crippen LogP contribution in [0.5, 0.6) is 11.5 Å². The van der Waals surface area contributed by atoms with Crippen LogP contribution < -0.4 is 14.8 Å². The van der Waals surface area contributed by atoms with E-state index in [1.807, 2.05) is 39.0 Å². The second-order valence-corrected chi connectivity index (χ2v) is 6.66. The number of ether oxygens (including phenoxy) is 3. The summed E-state index contributed by atoms with van der Waals surface area (Å²) in [5.41, 5.74) is 4.09. The van der Waals surface area contributed by atoms with Gasteiger partial charge in [-0.2, -0.15) is 0 Å². The molecule has 1 amide bonds. The standard InChI is InChI=1S/C22H27NO5/c1-14-6-8-18(10-15(14)2)16(3)23-21(24)13-28-22(25)12-17-7-9-19(26-4)20(11-17)27-5/h6-11,16H,12-13H2,1-5H3,(H,23,24)/t16-/m0/s1. The number of nitrogens with one attached hydrogen (secondary N) is 1. The highest BCUT2D eigenvalue weighted by Crippen LogP contribution is 2.27. The number of carbonyl (C=O) groups is 2. The Morgan fingerprint density at radius 1 is 0.964 bits per heavy atom. The van der Waals surface area contributed by atoms with Gasteiger partial charge in [-0.25, -0.2) is 0 Å². The van der Waals surface area contributed by atoms with Crippen molar-refractivity contribution in [2.24, 2.45) is 0 Å². The quantitative estimate of drug-likeness (QED) is 0.706. The number of amides is 1. The first-order valence-corrected chi connectivity index (χ1v) is 9.07. The molecule has 0 unspecified atom stereocenters. The molecule has 28 heavy (non-hydrogen) atoms. The Bertz CT molecular complexity index is 847. The second kappa shape index (κ2) is 9.78. The Hall–Kier alpha value is -3.02. The fraction of sp³-hybridized carbons (Fsp3) is 0.364. The SMILES string of the molecule is COc1ccc(CC(=O)OCC(=O)N[C@@H](C)c2ccc(C)c(C)c2)cc1OC. The lowest BCUT2D eigenvalue weighted by Gasteiger charge is -2.16. The maximum Gasteiger partial charge on any atom is 0.310 e. The number of carbonyl (C=O) groups excluding carboxylic acids is 2. The highest BCUT2D eigenvalue weighted by Gasteiger charge is 2.14. The lowest BCUT2D eigenvalue weighted by atomic mass is 10.0. The van der Waals surface area contributed by atoms with E-state index in [0.717, 1.165) is 5.56 Å². The third kappa shape index (κ3) is 5.74.